The molecule has 0 spiro atoms. The largest absolute Gasteiger partial charge is 0.395 e. The number of pyridine rings is 1. The zero-order chi connectivity index (χ0) is 12.5. The first-order valence-electron chi connectivity index (χ1n) is 5.72. The number of nitrogens with zero attached hydrogens (tertiary/aromatic N) is 2. The number of aliphatic hydroxyl groups excluding tert-OH is 1. The van der Waals surface area contributed by atoms with Gasteiger partial charge >= 0.3 is 0 Å². The van der Waals surface area contributed by atoms with Crippen LogP contribution < -0.4 is 5.73 Å². The highest BCUT2D eigenvalue weighted by atomic mass is 16.3. The molecule has 18 heavy (non-hydrogen) atoms. The van der Waals surface area contributed by atoms with Gasteiger partial charge in [-0.1, -0.05) is 30.3 Å². The highest BCUT2D eigenvalue weighted by Gasteiger charge is 2.10. The molecule has 0 radical (unpaired) electrons. The lowest BCUT2D eigenvalue weighted by molar-refractivity contribution is 0.276. The second kappa shape index (κ2) is 4.16. The summed E-state index contributed by atoms with van der Waals surface area (Å²) in [5, 5.41) is 9.20. The summed E-state index contributed by atoms with van der Waals surface area (Å²) in [6.45, 7) is -0.0503. The van der Waals surface area contributed by atoms with Crippen LogP contribution in [-0.4, -0.2) is 14.5 Å². The second-order valence-electron chi connectivity index (χ2n) is 4.11. The Bertz CT molecular complexity index is 689. The van der Waals surface area contributed by atoms with Gasteiger partial charge < -0.3 is 10.8 Å². The van der Waals surface area contributed by atoms with Gasteiger partial charge in [0.05, 0.1) is 24.2 Å². The lowest BCUT2D eigenvalue weighted by Crippen LogP contribution is -1.98. The number of rotatable bonds is 2. The Morgan fingerprint density at radius 2 is 1.94 bits per heavy atom. The molecule has 90 valence electrons. The zero-order valence-electron chi connectivity index (χ0n) is 9.74. The first-order chi connectivity index (χ1) is 8.81. The summed E-state index contributed by atoms with van der Waals surface area (Å²) in [6, 6.07) is 11.9. The van der Waals surface area contributed by atoms with Gasteiger partial charge in [-0.25, -0.2) is 4.98 Å². The van der Waals surface area contributed by atoms with E-state index < -0.39 is 0 Å². The molecule has 0 saturated heterocycles. The third-order valence-corrected chi connectivity index (χ3v) is 3.04. The average molecular weight is 239 g/mol. The van der Waals surface area contributed by atoms with Gasteiger partial charge in [-0.15, -0.1) is 0 Å². The van der Waals surface area contributed by atoms with Gasteiger partial charge in [0.1, 0.15) is 0 Å². The van der Waals surface area contributed by atoms with E-state index in [-0.39, 0.29) is 6.61 Å². The molecule has 3 N–H and O–H groups in total. The SMILES string of the molecule is Nc1c(-c2ccccc2)ccn2c(CO)cnc12. The topological polar surface area (TPSA) is 63.5 Å². The molecule has 0 bridgehead atoms. The minimum atomic E-state index is -0.0503. The Morgan fingerprint density at radius 3 is 2.67 bits per heavy atom. The predicted molar refractivity (Wildman–Crippen MR) is 71.0 cm³/mol. The van der Waals surface area contributed by atoms with Crippen molar-refractivity contribution in [2.75, 3.05) is 5.73 Å². The molecular weight excluding hydrogens is 226 g/mol. The van der Waals surface area contributed by atoms with Crippen molar-refractivity contribution in [3.05, 3.63) is 54.5 Å². The first kappa shape index (κ1) is 10.8. The molecule has 1 aromatic carbocycles. The molecule has 0 amide bonds. The van der Waals surface area contributed by atoms with Gasteiger partial charge in [-0.05, 0) is 11.6 Å². The molecular formula is C14H13N3O. The van der Waals surface area contributed by atoms with Crippen LogP contribution in [-0.2, 0) is 6.61 Å². The Balaban J connectivity index is 2.24. The van der Waals surface area contributed by atoms with Crippen molar-refractivity contribution in [1.82, 2.24) is 9.38 Å². The van der Waals surface area contributed by atoms with Crippen LogP contribution in [0.5, 0.6) is 0 Å². The number of fused-ring (bicyclic) bond motifs is 1. The van der Waals surface area contributed by atoms with E-state index in [9.17, 15) is 5.11 Å². The summed E-state index contributed by atoms with van der Waals surface area (Å²) in [7, 11) is 0. The van der Waals surface area contributed by atoms with Crippen LogP contribution in [0.15, 0.2) is 48.8 Å². The van der Waals surface area contributed by atoms with Gasteiger partial charge in [0.15, 0.2) is 5.65 Å². The van der Waals surface area contributed by atoms with Crippen LogP contribution in [0, 0.1) is 0 Å². The van der Waals surface area contributed by atoms with Crippen LogP contribution >= 0.6 is 0 Å². The first-order valence-corrected chi connectivity index (χ1v) is 5.72. The normalized spacial score (nSPS) is 10.9. The van der Waals surface area contributed by atoms with Crippen molar-refractivity contribution >= 4 is 11.3 Å². The van der Waals surface area contributed by atoms with Crippen molar-refractivity contribution in [3.8, 4) is 11.1 Å². The maximum Gasteiger partial charge on any atom is 0.160 e. The molecule has 3 rings (SSSR count). The van der Waals surface area contributed by atoms with Crippen LogP contribution in [0.1, 0.15) is 5.69 Å². The highest BCUT2D eigenvalue weighted by molar-refractivity contribution is 5.85. The van der Waals surface area contributed by atoms with Crippen LogP contribution in [0.3, 0.4) is 0 Å². The number of anilines is 1. The van der Waals surface area contributed by atoms with Crippen LogP contribution in [0.25, 0.3) is 16.8 Å². The molecule has 3 aromatic rings. The number of imidazole rings is 1. The Hall–Kier alpha value is -2.33. The molecule has 2 aromatic heterocycles. The molecule has 0 aliphatic rings. The minimum Gasteiger partial charge on any atom is -0.395 e. The van der Waals surface area contributed by atoms with Crippen molar-refractivity contribution in [2.24, 2.45) is 0 Å². The second-order valence-corrected chi connectivity index (χ2v) is 4.11. The van der Waals surface area contributed by atoms with E-state index in [1.54, 1.807) is 6.20 Å². The quantitative estimate of drug-likeness (QED) is 0.719. The van der Waals surface area contributed by atoms with Crippen LogP contribution in [0.4, 0.5) is 5.69 Å². The van der Waals surface area contributed by atoms with Gasteiger partial charge in [0, 0.05) is 11.8 Å². The molecule has 0 unspecified atom stereocenters. The smallest absolute Gasteiger partial charge is 0.160 e. The number of benzene rings is 1. The lowest BCUT2D eigenvalue weighted by Gasteiger charge is -2.08. The van der Waals surface area contributed by atoms with E-state index in [4.69, 9.17) is 5.73 Å². The molecule has 0 fully saturated rings. The Labute approximate surface area is 104 Å². The van der Waals surface area contributed by atoms with E-state index in [2.05, 4.69) is 4.98 Å². The highest BCUT2D eigenvalue weighted by Crippen LogP contribution is 2.28. The van der Waals surface area contributed by atoms with E-state index in [1.807, 2.05) is 47.0 Å². The third kappa shape index (κ3) is 1.55. The monoisotopic (exact) mass is 239 g/mol. The molecule has 0 saturated carbocycles. The molecule has 4 nitrogen and oxygen atoms in total. The summed E-state index contributed by atoms with van der Waals surface area (Å²) in [4.78, 5) is 4.25. The van der Waals surface area contributed by atoms with Gasteiger partial charge in [-0.3, -0.25) is 4.40 Å². The number of aromatic nitrogens is 2. The lowest BCUT2D eigenvalue weighted by atomic mass is 10.1. The zero-order valence-corrected chi connectivity index (χ0v) is 9.74. The van der Waals surface area contributed by atoms with Crippen molar-refractivity contribution in [3.63, 3.8) is 0 Å². The van der Waals surface area contributed by atoms with E-state index in [0.717, 1.165) is 16.8 Å². The fourth-order valence-corrected chi connectivity index (χ4v) is 2.11. The van der Waals surface area contributed by atoms with E-state index in [0.29, 0.717) is 11.3 Å². The maximum atomic E-state index is 9.20. The fraction of sp³-hybridized carbons (Fsp3) is 0.0714. The summed E-state index contributed by atoms with van der Waals surface area (Å²) in [6.07, 6.45) is 3.52. The molecule has 0 atom stereocenters. The molecule has 0 aliphatic carbocycles. The van der Waals surface area contributed by atoms with Gasteiger partial charge in [0.2, 0.25) is 0 Å². The third-order valence-electron chi connectivity index (χ3n) is 3.04. The summed E-state index contributed by atoms with van der Waals surface area (Å²) in [5.41, 5.74) is 10.2. The van der Waals surface area contributed by atoms with Gasteiger partial charge in [0.25, 0.3) is 0 Å². The van der Waals surface area contributed by atoms with Crippen molar-refractivity contribution in [1.29, 1.82) is 0 Å². The van der Waals surface area contributed by atoms with Crippen molar-refractivity contribution < 1.29 is 5.11 Å². The standard InChI is InChI=1S/C14H13N3O/c15-13-12(10-4-2-1-3-5-10)6-7-17-11(9-18)8-16-14(13)17/h1-8,18H,9,15H2. The van der Waals surface area contributed by atoms with Crippen LogP contribution in [0.2, 0.25) is 0 Å². The van der Waals surface area contributed by atoms with Crippen molar-refractivity contribution in [2.45, 2.75) is 6.61 Å². The average Bonchev–Trinajstić information content (AvgIpc) is 2.84. The summed E-state index contributed by atoms with van der Waals surface area (Å²) >= 11 is 0. The minimum absolute atomic E-state index is 0.0503. The number of hydrogen-bond acceptors (Lipinski definition) is 3. The number of hydrogen-bond donors (Lipinski definition) is 2. The fourth-order valence-electron chi connectivity index (χ4n) is 2.11. The molecule has 0 aliphatic heterocycles. The maximum absolute atomic E-state index is 9.20. The number of nitrogens with two attached hydrogens (primary N) is 1. The van der Waals surface area contributed by atoms with Gasteiger partial charge in [-0.2, -0.15) is 0 Å². The molecule has 2 heterocycles. The van der Waals surface area contributed by atoms with E-state index in [1.165, 1.54) is 0 Å². The molecule has 4 heteroatoms. The number of nitrogen functional groups attached to an aromatic ring is 1. The Morgan fingerprint density at radius 1 is 1.17 bits per heavy atom. The predicted octanol–water partition coefficient (Wildman–Crippen LogP) is 2.08. The van der Waals surface area contributed by atoms with E-state index >= 15 is 0 Å². The summed E-state index contributed by atoms with van der Waals surface area (Å²) < 4.78 is 1.81. The summed E-state index contributed by atoms with van der Waals surface area (Å²) in [5.74, 6) is 0. The number of aliphatic hydroxyl groups is 1. The Kier molecular flexibility index (Phi) is 2.50.